The molecule has 2 heterocycles. The van der Waals surface area contributed by atoms with E-state index in [4.69, 9.17) is 0 Å². The number of rotatable bonds is 4. The summed E-state index contributed by atoms with van der Waals surface area (Å²) in [6, 6.07) is 0. The first-order valence-electron chi connectivity index (χ1n) is 8.83. The summed E-state index contributed by atoms with van der Waals surface area (Å²) in [5, 5.41) is 8.69. The first-order chi connectivity index (χ1) is 12.5. The number of aromatic nitrogens is 3. The molecule has 7 nitrogen and oxygen atoms in total. The molecule has 2 N–H and O–H groups in total. The molecule has 2 aromatic rings. The van der Waals surface area contributed by atoms with E-state index in [9.17, 15) is 9.59 Å². The zero-order valence-electron chi connectivity index (χ0n) is 14.6. The van der Waals surface area contributed by atoms with Gasteiger partial charge in [0.05, 0.1) is 11.9 Å². The highest BCUT2D eigenvalue weighted by Crippen LogP contribution is 2.48. The average molecular weight is 371 g/mol. The lowest BCUT2D eigenvalue weighted by Crippen LogP contribution is -2.55. The van der Waals surface area contributed by atoms with Crippen molar-refractivity contribution in [2.24, 2.45) is 0 Å². The van der Waals surface area contributed by atoms with Crippen LogP contribution in [-0.2, 0) is 0 Å². The van der Waals surface area contributed by atoms with Crippen LogP contribution in [0, 0.1) is 6.92 Å². The van der Waals surface area contributed by atoms with Crippen LogP contribution in [-0.4, -0.2) is 37.8 Å². The maximum atomic E-state index is 12.7. The Bertz CT molecular complexity index is 840. The topological polar surface area (TPSA) is 96.9 Å². The SMILES string of the molecule is Cc1cncc(C(=O)NC23CCCC(NC(=O)c4nccs4)(CC2)C3)n1. The molecule has 2 aromatic heterocycles. The summed E-state index contributed by atoms with van der Waals surface area (Å²) in [5.41, 5.74) is 0.522. The number of fused-ring (bicyclic) bond motifs is 2. The van der Waals surface area contributed by atoms with Crippen LogP contribution in [0.3, 0.4) is 0 Å². The number of nitrogens with one attached hydrogen (secondary N) is 2. The molecule has 0 aliphatic heterocycles. The highest BCUT2D eigenvalue weighted by molar-refractivity contribution is 7.11. The monoisotopic (exact) mass is 371 g/mol. The summed E-state index contributed by atoms with van der Waals surface area (Å²) in [7, 11) is 0. The summed E-state index contributed by atoms with van der Waals surface area (Å²) in [6.07, 6.45) is 10.1. The molecular formula is C18H21N5O2S. The maximum Gasteiger partial charge on any atom is 0.280 e. The number of nitrogens with zero attached hydrogens (tertiary/aromatic N) is 3. The van der Waals surface area contributed by atoms with Crippen LogP contribution in [0.15, 0.2) is 24.0 Å². The highest BCUT2D eigenvalue weighted by atomic mass is 32.1. The molecule has 0 saturated heterocycles. The van der Waals surface area contributed by atoms with Gasteiger partial charge in [0.15, 0.2) is 5.01 Å². The third-order valence-corrected chi connectivity index (χ3v) is 6.21. The van der Waals surface area contributed by atoms with Crippen molar-refractivity contribution in [3.05, 3.63) is 40.4 Å². The summed E-state index contributed by atoms with van der Waals surface area (Å²) < 4.78 is 0. The standard InChI is InChI=1S/C18H21N5O2S/c1-12-9-19-10-13(21-12)14(24)22-17-3-2-4-18(11-17,6-5-17)23-15(25)16-20-7-8-26-16/h7-10H,2-6,11H2,1H3,(H,22,24)(H,23,25). The van der Waals surface area contributed by atoms with E-state index < -0.39 is 0 Å². The van der Waals surface area contributed by atoms with E-state index in [1.807, 2.05) is 6.92 Å². The molecule has 2 bridgehead atoms. The fraction of sp³-hybridized carbons (Fsp3) is 0.500. The Morgan fingerprint density at radius 2 is 1.81 bits per heavy atom. The third kappa shape index (κ3) is 3.21. The second-order valence-electron chi connectivity index (χ2n) is 7.38. The highest BCUT2D eigenvalue weighted by Gasteiger charge is 2.52. The van der Waals surface area contributed by atoms with E-state index in [0.29, 0.717) is 10.7 Å². The molecule has 26 heavy (non-hydrogen) atoms. The maximum absolute atomic E-state index is 12.7. The first kappa shape index (κ1) is 17.1. The van der Waals surface area contributed by atoms with Gasteiger partial charge in [-0.25, -0.2) is 9.97 Å². The van der Waals surface area contributed by atoms with Gasteiger partial charge in [-0.3, -0.25) is 14.6 Å². The number of amides is 2. The largest absolute Gasteiger partial charge is 0.345 e. The van der Waals surface area contributed by atoms with Gasteiger partial charge in [-0.1, -0.05) is 0 Å². The summed E-state index contributed by atoms with van der Waals surface area (Å²) in [6.45, 7) is 1.82. The van der Waals surface area contributed by atoms with E-state index in [-0.39, 0.29) is 22.9 Å². The smallest absolute Gasteiger partial charge is 0.280 e. The fourth-order valence-electron chi connectivity index (χ4n) is 4.34. The van der Waals surface area contributed by atoms with Gasteiger partial charge < -0.3 is 10.6 Å². The molecule has 0 radical (unpaired) electrons. The number of carbonyl (C=O) groups is 2. The molecular weight excluding hydrogens is 350 g/mol. The molecule has 2 amide bonds. The van der Waals surface area contributed by atoms with Crippen molar-refractivity contribution >= 4 is 23.2 Å². The number of hydrogen-bond acceptors (Lipinski definition) is 6. The zero-order valence-corrected chi connectivity index (χ0v) is 15.4. The van der Waals surface area contributed by atoms with Crippen LogP contribution >= 0.6 is 11.3 Å². The van der Waals surface area contributed by atoms with Gasteiger partial charge in [0.1, 0.15) is 5.69 Å². The molecule has 8 heteroatoms. The number of hydrogen-bond donors (Lipinski definition) is 2. The van der Waals surface area contributed by atoms with E-state index in [0.717, 1.165) is 44.2 Å². The lowest BCUT2D eigenvalue weighted by atomic mass is 9.78. The van der Waals surface area contributed by atoms with Crippen LogP contribution in [0.4, 0.5) is 0 Å². The Labute approximate surface area is 155 Å². The Hall–Kier alpha value is -2.35. The zero-order chi connectivity index (χ0) is 18.2. The molecule has 4 rings (SSSR count). The lowest BCUT2D eigenvalue weighted by Gasteiger charge is -2.40. The van der Waals surface area contributed by atoms with Crippen molar-refractivity contribution in [2.75, 3.05) is 0 Å². The summed E-state index contributed by atoms with van der Waals surface area (Å²) in [4.78, 5) is 37.5. The van der Waals surface area contributed by atoms with Crippen LogP contribution < -0.4 is 10.6 Å². The van der Waals surface area contributed by atoms with Crippen LogP contribution in [0.5, 0.6) is 0 Å². The lowest BCUT2D eigenvalue weighted by molar-refractivity contribution is 0.0829. The second kappa shape index (κ2) is 6.42. The molecule has 2 aliphatic rings. The Balaban J connectivity index is 1.48. The molecule has 2 unspecified atom stereocenters. The minimum Gasteiger partial charge on any atom is -0.345 e. The number of thiazole rings is 1. The number of aryl methyl sites for hydroxylation is 1. The molecule has 0 aromatic carbocycles. The third-order valence-electron chi connectivity index (χ3n) is 5.44. The quantitative estimate of drug-likeness (QED) is 0.859. The number of carbonyl (C=O) groups excluding carboxylic acids is 2. The van der Waals surface area contributed by atoms with Crippen LogP contribution in [0.2, 0.25) is 0 Å². The van der Waals surface area contributed by atoms with E-state index in [1.165, 1.54) is 17.5 Å². The minimum atomic E-state index is -0.281. The van der Waals surface area contributed by atoms with Crippen LogP contribution in [0.25, 0.3) is 0 Å². The Morgan fingerprint density at radius 1 is 1.08 bits per heavy atom. The molecule has 2 atom stereocenters. The minimum absolute atomic E-state index is 0.117. The molecule has 2 aliphatic carbocycles. The van der Waals surface area contributed by atoms with E-state index >= 15 is 0 Å². The van der Waals surface area contributed by atoms with Gasteiger partial charge in [-0.15, -0.1) is 11.3 Å². The van der Waals surface area contributed by atoms with Gasteiger partial charge in [0.2, 0.25) is 0 Å². The van der Waals surface area contributed by atoms with Crippen molar-refractivity contribution in [3.63, 3.8) is 0 Å². The van der Waals surface area contributed by atoms with Crippen molar-refractivity contribution < 1.29 is 9.59 Å². The first-order valence-corrected chi connectivity index (χ1v) is 9.71. The normalized spacial score (nSPS) is 27.1. The van der Waals surface area contributed by atoms with E-state index in [1.54, 1.807) is 17.8 Å². The van der Waals surface area contributed by atoms with Crippen LogP contribution in [0.1, 0.15) is 64.5 Å². The van der Waals surface area contributed by atoms with Gasteiger partial charge in [0, 0.05) is 28.9 Å². The van der Waals surface area contributed by atoms with Crippen molar-refractivity contribution in [2.45, 2.75) is 56.5 Å². The van der Waals surface area contributed by atoms with Crippen molar-refractivity contribution in [1.82, 2.24) is 25.6 Å². The van der Waals surface area contributed by atoms with Crippen molar-refractivity contribution in [3.8, 4) is 0 Å². The van der Waals surface area contributed by atoms with Gasteiger partial charge in [0.25, 0.3) is 11.8 Å². The average Bonchev–Trinajstić information content (AvgIpc) is 3.22. The Kier molecular flexibility index (Phi) is 4.22. The van der Waals surface area contributed by atoms with Gasteiger partial charge in [-0.05, 0) is 45.4 Å². The van der Waals surface area contributed by atoms with Gasteiger partial charge >= 0.3 is 0 Å². The molecule has 2 saturated carbocycles. The predicted octanol–water partition coefficient (Wildman–Crippen LogP) is 2.25. The fourth-order valence-corrected chi connectivity index (χ4v) is 4.87. The van der Waals surface area contributed by atoms with E-state index in [2.05, 4.69) is 25.6 Å². The predicted molar refractivity (Wildman–Crippen MR) is 97.0 cm³/mol. The Morgan fingerprint density at radius 3 is 2.46 bits per heavy atom. The molecule has 136 valence electrons. The second-order valence-corrected chi connectivity index (χ2v) is 8.28. The molecule has 0 spiro atoms. The van der Waals surface area contributed by atoms with Crippen molar-refractivity contribution in [1.29, 1.82) is 0 Å². The van der Waals surface area contributed by atoms with Gasteiger partial charge in [-0.2, -0.15) is 0 Å². The molecule has 2 fully saturated rings. The summed E-state index contributed by atoms with van der Waals surface area (Å²) >= 11 is 1.34. The summed E-state index contributed by atoms with van der Waals surface area (Å²) in [5.74, 6) is -0.307.